The van der Waals surface area contributed by atoms with Crippen LogP contribution < -0.4 is 4.90 Å². The number of rotatable bonds is 2. The topological polar surface area (TPSA) is 71.8 Å². The number of benzene rings is 1. The molecule has 1 amide bonds. The number of nitriles is 1. The minimum absolute atomic E-state index is 0.165. The number of hydrogen-bond acceptors (Lipinski definition) is 5. The van der Waals surface area contributed by atoms with Crippen molar-refractivity contribution in [3.8, 4) is 6.07 Å². The summed E-state index contributed by atoms with van der Waals surface area (Å²) in [6.45, 7) is 1.96. The van der Waals surface area contributed by atoms with Gasteiger partial charge in [-0.25, -0.2) is 4.79 Å². The van der Waals surface area contributed by atoms with E-state index in [0.717, 1.165) is 5.56 Å². The standard InChI is InChI=1S/C16H16N2O4/c1-4-16-11-7-5-6-8-12(11)18(15(19)21-3)13(16)10(9-17)14(20-2)22-16/h5-8,13H,4H2,1-3H3. The molecule has 0 radical (unpaired) electrons. The molecule has 0 aromatic heterocycles. The molecule has 2 unspecified atom stereocenters. The van der Waals surface area contributed by atoms with Gasteiger partial charge < -0.3 is 14.2 Å². The molecule has 2 aliphatic rings. The Labute approximate surface area is 128 Å². The molecule has 6 nitrogen and oxygen atoms in total. The van der Waals surface area contributed by atoms with Crippen molar-refractivity contribution in [2.45, 2.75) is 25.0 Å². The Hall–Kier alpha value is -2.68. The van der Waals surface area contributed by atoms with Crippen LogP contribution in [0.3, 0.4) is 0 Å². The van der Waals surface area contributed by atoms with Crippen molar-refractivity contribution in [3.63, 3.8) is 0 Å². The Kier molecular flexibility index (Phi) is 3.21. The Bertz CT molecular complexity index is 706. The second-order valence-corrected chi connectivity index (χ2v) is 5.12. The first-order valence-corrected chi connectivity index (χ1v) is 6.98. The van der Waals surface area contributed by atoms with E-state index in [2.05, 4.69) is 6.07 Å². The molecule has 22 heavy (non-hydrogen) atoms. The first-order chi connectivity index (χ1) is 10.6. The van der Waals surface area contributed by atoms with E-state index in [0.29, 0.717) is 17.7 Å². The van der Waals surface area contributed by atoms with Crippen molar-refractivity contribution >= 4 is 11.8 Å². The number of hydrogen-bond donors (Lipinski definition) is 0. The zero-order valence-electron chi connectivity index (χ0n) is 12.6. The van der Waals surface area contributed by atoms with Gasteiger partial charge in [-0.3, -0.25) is 4.90 Å². The van der Waals surface area contributed by atoms with Crippen LogP contribution in [0.15, 0.2) is 35.8 Å². The van der Waals surface area contributed by atoms with Crippen LogP contribution in [-0.2, 0) is 19.8 Å². The quantitative estimate of drug-likeness (QED) is 0.839. The van der Waals surface area contributed by atoms with Crippen LogP contribution in [-0.4, -0.2) is 26.4 Å². The summed E-state index contributed by atoms with van der Waals surface area (Å²) in [6.07, 6.45) is 0.0571. The van der Waals surface area contributed by atoms with Crippen molar-refractivity contribution in [3.05, 3.63) is 41.3 Å². The van der Waals surface area contributed by atoms with Gasteiger partial charge in [0, 0.05) is 5.56 Å². The molecule has 0 saturated heterocycles. The van der Waals surface area contributed by atoms with Crippen molar-refractivity contribution in [1.29, 1.82) is 5.26 Å². The minimum atomic E-state index is -0.818. The maximum absolute atomic E-state index is 12.3. The maximum Gasteiger partial charge on any atom is 0.414 e. The first-order valence-electron chi connectivity index (χ1n) is 6.98. The maximum atomic E-state index is 12.3. The number of methoxy groups -OCH3 is 2. The molecule has 6 heteroatoms. The highest BCUT2D eigenvalue weighted by Crippen LogP contribution is 2.55. The number of ether oxygens (including phenoxy) is 3. The molecular weight excluding hydrogens is 284 g/mol. The Morgan fingerprint density at radius 2 is 2.18 bits per heavy atom. The Morgan fingerprint density at radius 3 is 2.77 bits per heavy atom. The molecule has 0 aliphatic carbocycles. The van der Waals surface area contributed by atoms with Gasteiger partial charge in [0.05, 0.1) is 19.9 Å². The Morgan fingerprint density at radius 1 is 1.45 bits per heavy atom. The number of carbonyl (C=O) groups excluding carboxylic acids is 1. The van der Waals surface area contributed by atoms with Gasteiger partial charge in [0.1, 0.15) is 17.7 Å². The summed E-state index contributed by atoms with van der Waals surface area (Å²) in [4.78, 5) is 13.8. The van der Waals surface area contributed by atoms with Crippen LogP contribution in [0.5, 0.6) is 0 Å². The van der Waals surface area contributed by atoms with E-state index in [-0.39, 0.29) is 5.95 Å². The smallest absolute Gasteiger partial charge is 0.414 e. The molecule has 0 spiro atoms. The molecule has 3 rings (SSSR count). The average molecular weight is 300 g/mol. The second kappa shape index (κ2) is 4.95. The second-order valence-electron chi connectivity index (χ2n) is 5.12. The van der Waals surface area contributed by atoms with Crippen LogP contribution in [0.4, 0.5) is 10.5 Å². The van der Waals surface area contributed by atoms with Gasteiger partial charge in [-0.15, -0.1) is 0 Å². The fourth-order valence-corrected chi connectivity index (χ4v) is 3.36. The van der Waals surface area contributed by atoms with Gasteiger partial charge in [-0.2, -0.15) is 5.26 Å². The van der Waals surface area contributed by atoms with Crippen molar-refractivity contribution in [1.82, 2.24) is 0 Å². The van der Waals surface area contributed by atoms with Crippen molar-refractivity contribution in [2.75, 3.05) is 19.1 Å². The lowest BCUT2D eigenvalue weighted by atomic mass is 9.85. The van der Waals surface area contributed by atoms with Gasteiger partial charge >= 0.3 is 6.09 Å². The van der Waals surface area contributed by atoms with Crippen LogP contribution in [0.2, 0.25) is 0 Å². The normalized spacial score (nSPS) is 25.2. The van der Waals surface area contributed by atoms with Crippen LogP contribution in [0.25, 0.3) is 0 Å². The summed E-state index contributed by atoms with van der Waals surface area (Å²) in [5.74, 6) is 0.165. The molecule has 0 fully saturated rings. The fourth-order valence-electron chi connectivity index (χ4n) is 3.36. The van der Waals surface area contributed by atoms with Crippen LogP contribution >= 0.6 is 0 Å². The molecule has 1 aromatic carbocycles. The van der Waals surface area contributed by atoms with E-state index in [9.17, 15) is 10.1 Å². The third kappa shape index (κ3) is 1.56. The monoisotopic (exact) mass is 300 g/mol. The van der Waals surface area contributed by atoms with Gasteiger partial charge in [0.15, 0.2) is 5.60 Å². The summed E-state index contributed by atoms with van der Waals surface area (Å²) in [6, 6.07) is 8.99. The third-order valence-corrected chi connectivity index (χ3v) is 4.29. The van der Waals surface area contributed by atoms with E-state index < -0.39 is 17.7 Å². The molecule has 2 atom stereocenters. The summed E-state index contributed by atoms with van der Waals surface area (Å²) >= 11 is 0. The predicted molar refractivity (Wildman–Crippen MR) is 77.8 cm³/mol. The lowest BCUT2D eigenvalue weighted by Gasteiger charge is -2.30. The largest absolute Gasteiger partial charge is 0.468 e. The van der Waals surface area contributed by atoms with Gasteiger partial charge in [0.25, 0.3) is 5.95 Å². The van der Waals surface area contributed by atoms with Crippen LogP contribution in [0.1, 0.15) is 18.9 Å². The van der Waals surface area contributed by atoms with E-state index in [1.807, 2.05) is 31.2 Å². The first kappa shape index (κ1) is 14.3. The fraction of sp³-hybridized carbons (Fsp3) is 0.375. The molecule has 0 bridgehead atoms. The van der Waals surface area contributed by atoms with Crippen molar-refractivity contribution in [2.24, 2.45) is 0 Å². The van der Waals surface area contributed by atoms with E-state index in [1.54, 1.807) is 0 Å². The summed E-state index contributed by atoms with van der Waals surface area (Å²) in [5, 5.41) is 9.53. The summed E-state index contributed by atoms with van der Waals surface area (Å²) in [7, 11) is 2.77. The molecule has 2 heterocycles. The number of amides is 1. The number of carbonyl (C=O) groups is 1. The number of nitrogens with zero attached hydrogens (tertiary/aromatic N) is 2. The zero-order chi connectivity index (χ0) is 15.9. The lowest BCUT2D eigenvalue weighted by Crippen LogP contribution is -2.46. The molecule has 0 saturated carbocycles. The highest BCUT2D eigenvalue weighted by atomic mass is 16.7. The molecule has 1 aromatic rings. The number of fused-ring (bicyclic) bond motifs is 3. The van der Waals surface area contributed by atoms with E-state index in [1.165, 1.54) is 19.1 Å². The highest BCUT2D eigenvalue weighted by Gasteiger charge is 2.61. The van der Waals surface area contributed by atoms with Gasteiger partial charge in [-0.05, 0) is 12.5 Å². The molecule has 0 N–H and O–H groups in total. The minimum Gasteiger partial charge on any atom is -0.468 e. The predicted octanol–water partition coefficient (Wildman–Crippen LogP) is 2.66. The third-order valence-electron chi connectivity index (χ3n) is 4.29. The summed E-state index contributed by atoms with van der Waals surface area (Å²) < 4.78 is 16.1. The summed E-state index contributed by atoms with van der Waals surface area (Å²) in [5.41, 5.74) is 1.03. The Balaban J connectivity index is 2.26. The van der Waals surface area contributed by atoms with E-state index in [4.69, 9.17) is 14.2 Å². The van der Waals surface area contributed by atoms with Gasteiger partial charge in [0.2, 0.25) is 0 Å². The SMILES string of the molecule is CCC12OC(OC)=C(C#N)C1N(C(=O)OC)c1ccccc12. The molecule has 2 aliphatic heterocycles. The average Bonchev–Trinajstić information content (AvgIpc) is 3.03. The number of para-hydroxylation sites is 1. The van der Waals surface area contributed by atoms with Gasteiger partial charge in [-0.1, -0.05) is 25.1 Å². The molecule has 114 valence electrons. The van der Waals surface area contributed by atoms with Crippen molar-refractivity contribution < 1.29 is 19.0 Å². The zero-order valence-corrected chi connectivity index (χ0v) is 12.6. The van der Waals surface area contributed by atoms with E-state index >= 15 is 0 Å². The number of anilines is 1. The molecular formula is C16H16N2O4. The lowest BCUT2D eigenvalue weighted by molar-refractivity contribution is -0.0477. The van der Waals surface area contributed by atoms with Crippen LogP contribution in [0, 0.1) is 11.3 Å². The highest BCUT2D eigenvalue weighted by molar-refractivity contribution is 5.94.